The Morgan fingerprint density at radius 2 is 1.34 bits per heavy atom. The van der Waals surface area contributed by atoms with E-state index < -0.39 is 35.2 Å². The lowest BCUT2D eigenvalue weighted by atomic mass is 10.1. The number of carbonyl (C=O) groups is 3. The SMILES string of the molecule is CC(C)(C)OC(=O)NC(C(=O)Nc1ccc(C(=O)OC(C)(C)C)cc1)c1ccc(Br)cc1. The van der Waals surface area contributed by atoms with Gasteiger partial charge in [-0.1, -0.05) is 28.1 Å². The molecule has 2 aromatic carbocycles. The molecule has 2 N–H and O–H groups in total. The van der Waals surface area contributed by atoms with Crippen LogP contribution in [0, 0.1) is 0 Å². The fourth-order valence-corrected chi connectivity index (χ4v) is 2.89. The van der Waals surface area contributed by atoms with Crippen molar-refractivity contribution in [3.8, 4) is 0 Å². The standard InChI is InChI=1S/C24H29BrN2O5/c1-23(2,3)31-21(29)16-9-13-18(14-10-16)26-20(28)19(15-7-11-17(25)12-8-15)27-22(30)32-24(4,5)6/h7-14,19H,1-6H3,(H,26,28)(H,27,30). The maximum Gasteiger partial charge on any atom is 0.408 e. The summed E-state index contributed by atoms with van der Waals surface area (Å²) >= 11 is 3.36. The largest absolute Gasteiger partial charge is 0.456 e. The number of benzene rings is 2. The molecule has 0 radical (unpaired) electrons. The number of rotatable bonds is 5. The predicted molar refractivity (Wildman–Crippen MR) is 126 cm³/mol. The number of hydrogen-bond donors (Lipinski definition) is 2. The van der Waals surface area contributed by atoms with Gasteiger partial charge in [0.2, 0.25) is 0 Å². The Labute approximate surface area is 197 Å². The van der Waals surface area contributed by atoms with Gasteiger partial charge in [0, 0.05) is 10.2 Å². The van der Waals surface area contributed by atoms with E-state index in [0.29, 0.717) is 16.8 Å². The van der Waals surface area contributed by atoms with Gasteiger partial charge in [-0.15, -0.1) is 0 Å². The molecule has 0 heterocycles. The molecule has 0 aliphatic carbocycles. The summed E-state index contributed by atoms with van der Waals surface area (Å²) in [6.45, 7) is 10.6. The fourth-order valence-electron chi connectivity index (χ4n) is 2.62. The summed E-state index contributed by atoms with van der Waals surface area (Å²) in [5.41, 5.74) is 0.115. The van der Waals surface area contributed by atoms with E-state index in [4.69, 9.17) is 9.47 Å². The van der Waals surface area contributed by atoms with Crippen LogP contribution in [0.4, 0.5) is 10.5 Å². The molecule has 2 amide bonds. The number of nitrogens with one attached hydrogen (secondary N) is 2. The minimum Gasteiger partial charge on any atom is -0.456 e. The first-order chi connectivity index (χ1) is 14.7. The quantitative estimate of drug-likeness (QED) is 0.516. The van der Waals surface area contributed by atoms with Crippen LogP contribution < -0.4 is 10.6 Å². The number of ether oxygens (including phenoxy) is 2. The van der Waals surface area contributed by atoms with Gasteiger partial charge in [0.25, 0.3) is 5.91 Å². The average Bonchev–Trinajstić information content (AvgIpc) is 2.64. The van der Waals surface area contributed by atoms with Crippen LogP contribution in [-0.4, -0.2) is 29.2 Å². The highest BCUT2D eigenvalue weighted by atomic mass is 79.9. The number of anilines is 1. The molecule has 7 nitrogen and oxygen atoms in total. The van der Waals surface area contributed by atoms with E-state index in [0.717, 1.165) is 4.47 Å². The molecule has 0 aliphatic rings. The third kappa shape index (κ3) is 8.34. The molecule has 8 heteroatoms. The topological polar surface area (TPSA) is 93.7 Å². The summed E-state index contributed by atoms with van der Waals surface area (Å²) in [7, 11) is 0. The summed E-state index contributed by atoms with van der Waals surface area (Å²) in [6.07, 6.45) is -0.708. The van der Waals surface area contributed by atoms with Crippen molar-refractivity contribution in [2.75, 3.05) is 5.32 Å². The van der Waals surface area contributed by atoms with Gasteiger partial charge in [-0.25, -0.2) is 9.59 Å². The van der Waals surface area contributed by atoms with E-state index in [2.05, 4.69) is 26.6 Å². The highest BCUT2D eigenvalue weighted by Gasteiger charge is 2.26. The third-order valence-corrected chi connectivity index (χ3v) is 4.44. The number of amides is 2. The first-order valence-corrected chi connectivity index (χ1v) is 10.9. The van der Waals surface area contributed by atoms with Gasteiger partial charge in [-0.3, -0.25) is 4.79 Å². The van der Waals surface area contributed by atoms with Gasteiger partial charge < -0.3 is 20.1 Å². The van der Waals surface area contributed by atoms with Crippen molar-refractivity contribution in [2.45, 2.75) is 58.8 Å². The van der Waals surface area contributed by atoms with Crippen molar-refractivity contribution in [3.05, 3.63) is 64.1 Å². The third-order valence-electron chi connectivity index (χ3n) is 3.91. The first-order valence-electron chi connectivity index (χ1n) is 10.1. The fraction of sp³-hybridized carbons (Fsp3) is 0.375. The van der Waals surface area contributed by atoms with Crippen LogP contribution in [0.15, 0.2) is 53.0 Å². The Kier molecular flexibility index (Phi) is 8.07. The highest BCUT2D eigenvalue weighted by molar-refractivity contribution is 9.10. The maximum atomic E-state index is 13.0. The summed E-state index contributed by atoms with van der Waals surface area (Å²) in [4.78, 5) is 37.5. The summed E-state index contributed by atoms with van der Waals surface area (Å²) in [5.74, 6) is -0.905. The Bertz CT molecular complexity index is 958. The minimum absolute atomic E-state index is 0.370. The van der Waals surface area contributed by atoms with E-state index >= 15 is 0 Å². The molecule has 2 rings (SSSR count). The van der Waals surface area contributed by atoms with E-state index in [1.807, 2.05) is 0 Å². The molecule has 0 aromatic heterocycles. The monoisotopic (exact) mass is 504 g/mol. The summed E-state index contributed by atoms with van der Waals surface area (Å²) in [6, 6.07) is 12.4. The number of esters is 1. The normalized spacial score (nSPS) is 12.5. The van der Waals surface area contributed by atoms with Crippen molar-refractivity contribution in [1.82, 2.24) is 5.32 Å². The molecule has 1 atom stereocenters. The summed E-state index contributed by atoms with van der Waals surface area (Å²) < 4.78 is 11.5. The zero-order chi connectivity index (χ0) is 24.1. The molecule has 0 saturated carbocycles. The van der Waals surface area contributed by atoms with E-state index in [1.54, 1.807) is 90.1 Å². The molecular weight excluding hydrogens is 476 g/mol. The van der Waals surface area contributed by atoms with Crippen LogP contribution in [0.3, 0.4) is 0 Å². The lowest BCUT2D eigenvalue weighted by Crippen LogP contribution is -2.40. The second-order valence-corrected chi connectivity index (χ2v) is 10.1. The lowest BCUT2D eigenvalue weighted by Gasteiger charge is -2.23. The van der Waals surface area contributed by atoms with E-state index in [9.17, 15) is 14.4 Å². The van der Waals surface area contributed by atoms with Gasteiger partial charge in [-0.05, 0) is 83.5 Å². The van der Waals surface area contributed by atoms with Gasteiger partial charge in [0.15, 0.2) is 0 Å². The second kappa shape index (κ2) is 10.2. The first kappa shape index (κ1) is 25.4. The zero-order valence-corrected chi connectivity index (χ0v) is 20.7. The van der Waals surface area contributed by atoms with Crippen LogP contribution in [0.5, 0.6) is 0 Å². The van der Waals surface area contributed by atoms with Crippen molar-refractivity contribution >= 4 is 39.6 Å². The maximum absolute atomic E-state index is 13.0. The molecule has 2 aromatic rings. The molecule has 0 fully saturated rings. The Balaban J connectivity index is 2.17. The average molecular weight is 505 g/mol. The molecule has 1 unspecified atom stereocenters. The van der Waals surface area contributed by atoms with Crippen LogP contribution >= 0.6 is 15.9 Å². The Hall–Kier alpha value is -2.87. The number of alkyl carbamates (subject to hydrolysis) is 1. The van der Waals surface area contributed by atoms with Crippen LogP contribution in [0.25, 0.3) is 0 Å². The van der Waals surface area contributed by atoms with Crippen molar-refractivity contribution in [1.29, 1.82) is 0 Å². The van der Waals surface area contributed by atoms with Gasteiger partial charge >= 0.3 is 12.1 Å². The number of hydrogen-bond acceptors (Lipinski definition) is 5. The molecule has 0 aliphatic heterocycles. The second-order valence-electron chi connectivity index (χ2n) is 9.20. The van der Waals surface area contributed by atoms with Crippen molar-refractivity contribution < 1.29 is 23.9 Å². The van der Waals surface area contributed by atoms with E-state index in [1.165, 1.54) is 0 Å². The van der Waals surface area contributed by atoms with Crippen molar-refractivity contribution in [2.24, 2.45) is 0 Å². The smallest absolute Gasteiger partial charge is 0.408 e. The molecule has 0 spiro atoms. The van der Waals surface area contributed by atoms with Gasteiger partial charge in [0.05, 0.1) is 5.56 Å². The van der Waals surface area contributed by atoms with Gasteiger partial charge in [-0.2, -0.15) is 0 Å². The molecule has 0 saturated heterocycles. The van der Waals surface area contributed by atoms with Crippen molar-refractivity contribution in [3.63, 3.8) is 0 Å². The summed E-state index contributed by atoms with van der Waals surface area (Å²) in [5, 5.41) is 5.39. The van der Waals surface area contributed by atoms with Gasteiger partial charge in [0.1, 0.15) is 17.2 Å². The van der Waals surface area contributed by atoms with E-state index in [-0.39, 0.29) is 0 Å². The Morgan fingerprint density at radius 3 is 1.84 bits per heavy atom. The number of carbonyl (C=O) groups excluding carboxylic acids is 3. The molecule has 32 heavy (non-hydrogen) atoms. The lowest BCUT2D eigenvalue weighted by molar-refractivity contribution is -0.118. The van der Waals surface area contributed by atoms with Crippen LogP contribution in [0.1, 0.15) is 63.5 Å². The zero-order valence-electron chi connectivity index (χ0n) is 19.1. The highest BCUT2D eigenvalue weighted by Crippen LogP contribution is 2.21. The molecule has 172 valence electrons. The predicted octanol–water partition coefficient (Wildman–Crippen LogP) is 5.61. The van der Waals surface area contributed by atoms with Crippen LogP contribution in [0.2, 0.25) is 0 Å². The molecule has 0 bridgehead atoms. The molecular formula is C24H29BrN2O5. The van der Waals surface area contributed by atoms with Crippen LogP contribution in [-0.2, 0) is 14.3 Å². The minimum atomic E-state index is -0.983. The number of halogens is 1. The Morgan fingerprint density at radius 1 is 0.812 bits per heavy atom.